The molecule has 3 rings (SSSR count). The molecule has 0 unspecified atom stereocenters. The summed E-state index contributed by atoms with van der Waals surface area (Å²) in [5.74, 6) is -0.457. The van der Waals surface area contributed by atoms with Gasteiger partial charge in [0.05, 0.1) is 5.56 Å². The lowest BCUT2D eigenvalue weighted by atomic mass is 10.0. The average Bonchev–Trinajstić information content (AvgIpc) is 3.09. The first-order valence-corrected chi connectivity index (χ1v) is 9.14. The number of alkyl halides is 3. The molecular formula is C19H19F3N6O2. The minimum atomic E-state index is -4.44. The number of pyridine rings is 1. The van der Waals surface area contributed by atoms with E-state index in [1.54, 1.807) is 19.9 Å². The first kappa shape index (κ1) is 21.1. The number of amides is 3. The lowest BCUT2D eigenvalue weighted by Gasteiger charge is -2.10. The van der Waals surface area contributed by atoms with Crippen molar-refractivity contribution in [3.05, 3.63) is 47.7 Å². The number of benzene rings is 1. The fourth-order valence-electron chi connectivity index (χ4n) is 2.77. The monoisotopic (exact) mass is 420 g/mol. The zero-order valence-electron chi connectivity index (χ0n) is 16.2. The molecule has 0 bridgehead atoms. The smallest absolute Gasteiger partial charge is 0.351 e. The van der Waals surface area contributed by atoms with E-state index in [1.165, 1.54) is 22.7 Å². The predicted molar refractivity (Wildman–Crippen MR) is 104 cm³/mol. The summed E-state index contributed by atoms with van der Waals surface area (Å²) in [7, 11) is 0. The summed E-state index contributed by atoms with van der Waals surface area (Å²) in [6.07, 6.45) is -4.44. The van der Waals surface area contributed by atoms with Crippen LogP contribution in [0.15, 0.2) is 36.4 Å². The predicted octanol–water partition coefficient (Wildman–Crippen LogP) is 3.31. The Morgan fingerprint density at radius 2 is 1.67 bits per heavy atom. The van der Waals surface area contributed by atoms with Gasteiger partial charge in [-0.15, -0.1) is 5.10 Å². The summed E-state index contributed by atoms with van der Waals surface area (Å²) in [6.45, 7) is 4.27. The van der Waals surface area contributed by atoms with Crippen LogP contribution in [-0.4, -0.2) is 39.6 Å². The largest absolute Gasteiger partial charge is 0.416 e. The molecule has 158 valence electrons. The molecular weight excluding hydrogens is 401 g/mol. The Balaban J connectivity index is 2.07. The normalized spacial score (nSPS) is 11.4. The van der Waals surface area contributed by atoms with Crippen molar-refractivity contribution in [3.8, 4) is 11.1 Å². The molecule has 30 heavy (non-hydrogen) atoms. The Morgan fingerprint density at radius 1 is 1.00 bits per heavy atom. The highest BCUT2D eigenvalue weighted by Crippen LogP contribution is 2.31. The molecule has 0 saturated heterocycles. The number of hydrogen-bond donors (Lipinski definition) is 3. The van der Waals surface area contributed by atoms with Crippen LogP contribution >= 0.6 is 0 Å². The molecule has 0 saturated carbocycles. The molecule has 0 aliphatic rings. The van der Waals surface area contributed by atoms with E-state index in [2.05, 4.69) is 26.0 Å². The Bertz CT molecular complexity index is 1080. The third-order valence-electron chi connectivity index (χ3n) is 4.12. The van der Waals surface area contributed by atoms with Crippen molar-refractivity contribution >= 4 is 23.5 Å². The van der Waals surface area contributed by atoms with Gasteiger partial charge in [0.25, 0.3) is 11.9 Å². The zero-order chi connectivity index (χ0) is 21.9. The SMILES string of the molecule is CCNC(=O)Nc1nc2cc(-c3ccc(C(F)(F)F)cc3)cc(C(=O)NCC)n2n1. The van der Waals surface area contributed by atoms with Crippen LogP contribution in [0, 0.1) is 0 Å². The van der Waals surface area contributed by atoms with Crippen LogP contribution in [0.3, 0.4) is 0 Å². The molecule has 2 aromatic heterocycles. The van der Waals surface area contributed by atoms with Crippen LogP contribution in [0.5, 0.6) is 0 Å². The summed E-state index contributed by atoms with van der Waals surface area (Å²) in [6, 6.07) is 7.15. The standard InChI is InChI=1S/C19H19F3N6O2/c1-3-23-16(29)14-9-12(11-5-7-13(8-6-11)19(20,21)22)10-15-25-17(27-28(14)15)26-18(30)24-4-2/h5-10H,3-4H2,1-2H3,(H,23,29)(H2,24,26,27,30). The molecule has 2 heterocycles. The fourth-order valence-corrected chi connectivity index (χ4v) is 2.77. The van der Waals surface area contributed by atoms with Gasteiger partial charge >= 0.3 is 12.2 Å². The summed E-state index contributed by atoms with van der Waals surface area (Å²) in [4.78, 5) is 28.4. The van der Waals surface area contributed by atoms with Crippen molar-refractivity contribution in [2.45, 2.75) is 20.0 Å². The molecule has 3 N–H and O–H groups in total. The number of fused-ring (bicyclic) bond motifs is 1. The fraction of sp³-hybridized carbons (Fsp3) is 0.263. The Hall–Kier alpha value is -3.63. The van der Waals surface area contributed by atoms with E-state index < -0.39 is 23.7 Å². The second-order valence-corrected chi connectivity index (χ2v) is 6.25. The van der Waals surface area contributed by atoms with E-state index in [-0.39, 0.29) is 17.3 Å². The van der Waals surface area contributed by atoms with E-state index in [4.69, 9.17) is 0 Å². The average molecular weight is 420 g/mol. The molecule has 8 nitrogen and oxygen atoms in total. The molecule has 0 atom stereocenters. The van der Waals surface area contributed by atoms with Crippen molar-refractivity contribution in [1.29, 1.82) is 0 Å². The van der Waals surface area contributed by atoms with Gasteiger partial charge in [-0.1, -0.05) is 12.1 Å². The second kappa shape index (κ2) is 8.39. The number of rotatable bonds is 5. The molecule has 0 aliphatic heterocycles. The van der Waals surface area contributed by atoms with Crippen LogP contribution in [0.2, 0.25) is 0 Å². The number of carbonyl (C=O) groups is 2. The highest BCUT2D eigenvalue weighted by atomic mass is 19.4. The van der Waals surface area contributed by atoms with Crippen molar-refractivity contribution in [3.63, 3.8) is 0 Å². The molecule has 11 heteroatoms. The van der Waals surface area contributed by atoms with Crippen LogP contribution in [0.4, 0.5) is 23.9 Å². The summed E-state index contributed by atoms with van der Waals surface area (Å²) < 4.78 is 39.8. The van der Waals surface area contributed by atoms with E-state index in [0.717, 1.165) is 12.1 Å². The van der Waals surface area contributed by atoms with Gasteiger partial charge in [0, 0.05) is 13.1 Å². The first-order valence-electron chi connectivity index (χ1n) is 9.14. The topological polar surface area (TPSA) is 100 Å². The van der Waals surface area contributed by atoms with Gasteiger partial charge < -0.3 is 10.6 Å². The van der Waals surface area contributed by atoms with Crippen LogP contribution in [0.1, 0.15) is 29.9 Å². The summed E-state index contributed by atoms with van der Waals surface area (Å²) in [5, 5.41) is 11.8. The van der Waals surface area contributed by atoms with Crippen LogP contribution in [-0.2, 0) is 6.18 Å². The Labute approximate surface area is 169 Å². The Kier molecular flexibility index (Phi) is 5.90. The molecule has 3 amide bonds. The number of carbonyl (C=O) groups excluding carboxylic acids is 2. The maximum Gasteiger partial charge on any atom is 0.416 e. The maximum atomic E-state index is 12.8. The van der Waals surface area contributed by atoms with E-state index >= 15 is 0 Å². The number of anilines is 1. The van der Waals surface area contributed by atoms with Gasteiger partial charge in [0.1, 0.15) is 5.69 Å². The Morgan fingerprint density at radius 3 is 2.27 bits per heavy atom. The third-order valence-corrected chi connectivity index (χ3v) is 4.12. The number of halogens is 3. The minimum Gasteiger partial charge on any atom is -0.351 e. The molecule has 3 aromatic rings. The lowest BCUT2D eigenvalue weighted by Crippen LogP contribution is -2.28. The third kappa shape index (κ3) is 4.50. The second-order valence-electron chi connectivity index (χ2n) is 6.25. The van der Waals surface area contributed by atoms with Crippen LogP contribution < -0.4 is 16.0 Å². The number of urea groups is 1. The highest BCUT2D eigenvalue weighted by Gasteiger charge is 2.30. The van der Waals surface area contributed by atoms with E-state index in [0.29, 0.717) is 24.2 Å². The van der Waals surface area contributed by atoms with Crippen molar-refractivity contribution in [2.75, 3.05) is 18.4 Å². The maximum absolute atomic E-state index is 12.8. The van der Waals surface area contributed by atoms with Gasteiger partial charge in [0.2, 0.25) is 0 Å². The quantitative estimate of drug-likeness (QED) is 0.590. The van der Waals surface area contributed by atoms with Crippen molar-refractivity contribution < 1.29 is 22.8 Å². The number of aromatic nitrogens is 3. The van der Waals surface area contributed by atoms with Gasteiger partial charge in [0.15, 0.2) is 5.65 Å². The van der Waals surface area contributed by atoms with Crippen LogP contribution in [0.25, 0.3) is 16.8 Å². The number of hydrogen-bond acceptors (Lipinski definition) is 4. The molecule has 0 spiro atoms. The van der Waals surface area contributed by atoms with E-state index in [1.807, 2.05) is 0 Å². The van der Waals surface area contributed by atoms with Gasteiger partial charge in [-0.2, -0.15) is 18.2 Å². The van der Waals surface area contributed by atoms with Gasteiger partial charge in [-0.3, -0.25) is 10.1 Å². The van der Waals surface area contributed by atoms with E-state index in [9.17, 15) is 22.8 Å². The number of nitrogens with one attached hydrogen (secondary N) is 3. The highest BCUT2D eigenvalue weighted by molar-refractivity contribution is 5.95. The molecule has 1 aromatic carbocycles. The zero-order valence-corrected chi connectivity index (χ0v) is 16.2. The summed E-state index contributed by atoms with van der Waals surface area (Å²) in [5.41, 5.74) is 0.556. The van der Waals surface area contributed by atoms with Crippen molar-refractivity contribution in [2.24, 2.45) is 0 Å². The lowest BCUT2D eigenvalue weighted by molar-refractivity contribution is -0.137. The van der Waals surface area contributed by atoms with Gasteiger partial charge in [-0.05, 0) is 49.2 Å². The number of nitrogens with zero attached hydrogens (tertiary/aromatic N) is 3. The van der Waals surface area contributed by atoms with Crippen molar-refractivity contribution in [1.82, 2.24) is 25.2 Å². The molecule has 0 fully saturated rings. The molecule has 0 aliphatic carbocycles. The first-order chi connectivity index (χ1) is 14.2. The summed E-state index contributed by atoms with van der Waals surface area (Å²) >= 11 is 0. The molecule has 0 radical (unpaired) electrons. The minimum absolute atomic E-state index is 0.0175. The van der Waals surface area contributed by atoms with Gasteiger partial charge in [-0.25, -0.2) is 9.31 Å².